The third-order valence-electron chi connectivity index (χ3n) is 5.58. The maximum Gasteiger partial charge on any atom is 0.159 e. The Bertz CT molecular complexity index is 256. The highest BCUT2D eigenvalue weighted by molar-refractivity contribution is 7.80. The third kappa shape index (κ3) is 1.79. The summed E-state index contributed by atoms with van der Waals surface area (Å²) >= 11 is 0. The standard InChI is InChI=1S/C9H27NOSi4/c1-10(2)15(8)9-11-12(3)13(4,5)14(15,6)7/h12H,9H2,1-8H3. The molecule has 1 aliphatic rings. The van der Waals surface area contributed by atoms with Crippen LogP contribution in [0, 0.1) is 0 Å². The molecule has 0 N–H and O–H groups in total. The lowest BCUT2D eigenvalue weighted by atomic mass is 11.3. The zero-order valence-electron chi connectivity index (χ0n) is 11.6. The molecule has 0 aromatic rings. The molecule has 0 aromatic carbocycles. The Labute approximate surface area is 99.2 Å². The van der Waals surface area contributed by atoms with Gasteiger partial charge in [-0.05, 0) is 14.1 Å². The summed E-state index contributed by atoms with van der Waals surface area (Å²) in [4.78, 5) is 0. The van der Waals surface area contributed by atoms with E-state index in [0.29, 0.717) is 0 Å². The molecule has 2 atom stereocenters. The van der Waals surface area contributed by atoms with Crippen LogP contribution in [0.5, 0.6) is 0 Å². The molecule has 90 valence electrons. The molecule has 0 aliphatic carbocycles. The number of hydrogen-bond donors (Lipinski definition) is 0. The smallest absolute Gasteiger partial charge is 0.159 e. The van der Waals surface area contributed by atoms with Gasteiger partial charge >= 0.3 is 0 Å². The third-order valence-corrected chi connectivity index (χ3v) is 66.7. The van der Waals surface area contributed by atoms with Gasteiger partial charge < -0.3 is 8.99 Å². The molecule has 6 heteroatoms. The Morgan fingerprint density at radius 3 is 1.93 bits per heavy atom. The Kier molecular flexibility index (Phi) is 3.62. The highest BCUT2D eigenvalue weighted by atomic mass is 29.8. The zero-order chi connectivity index (χ0) is 12.1. The van der Waals surface area contributed by atoms with Crippen LogP contribution in [0.4, 0.5) is 0 Å². The number of hydrogen-bond acceptors (Lipinski definition) is 2. The Balaban J connectivity index is 3.16. The SMILES string of the molecule is CN(C)[Si]1(C)CO[SiH](C)[Si](C)(C)[Si]1(C)C. The lowest BCUT2D eigenvalue weighted by Crippen LogP contribution is -2.85. The van der Waals surface area contributed by atoms with Crippen LogP contribution in [-0.4, -0.2) is 55.4 Å². The van der Waals surface area contributed by atoms with E-state index < -0.39 is 30.5 Å². The van der Waals surface area contributed by atoms with E-state index in [1.54, 1.807) is 0 Å². The molecule has 1 saturated heterocycles. The van der Waals surface area contributed by atoms with Crippen LogP contribution in [0.25, 0.3) is 0 Å². The van der Waals surface area contributed by atoms with E-state index in [0.717, 1.165) is 6.23 Å². The second kappa shape index (κ2) is 3.92. The van der Waals surface area contributed by atoms with Crippen molar-refractivity contribution in [1.82, 2.24) is 4.57 Å². The summed E-state index contributed by atoms with van der Waals surface area (Å²) in [7, 11) is 0.351. The van der Waals surface area contributed by atoms with Gasteiger partial charge in [0.05, 0.1) is 14.2 Å². The predicted octanol–water partition coefficient (Wildman–Crippen LogP) is 1.70. The van der Waals surface area contributed by atoms with Crippen molar-refractivity contribution in [1.29, 1.82) is 0 Å². The van der Waals surface area contributed by atoms with Crippen molar-refractivity contribution >= 4 is 30.5 Å². The fourth-order valence-corrected chi connectivity index (χ4v) is 62.8. The molecule has 0 radical (unpaired) electrons. The Hall–Kier alpha value is 0.788. The van der Waals surface area contributed by atoms with Crippen molar-refractivity contribution in [2.75, 3.05) is 20.3 Å². The maximum atomic E-state index is 6.26. The molecule has 0 amide bonds. The first-order valence-electron chi connectivity index (χ1n) is 5.86. The molecule has 1 aliphatic heterocycles. The average Bonchev–Trinajstić information content (AvgIpc) is 2.10. The first-order valence-corrected chi connectivity index (χ1v) is 20.0. The van der Waals surface area contributed by atoms with E-state index in [2.05, 4.69) is 57.9 Å². The summed E-state index contributed by atoms with van der Waals surface area (Å²) < 4.78 is 8.82. The van der Waals surface area contributed by atoms with Gasteiger partial charge in [-0.2, -0.15) is 0 Å². The average molecular weight is 278 g/mol. The fraction of sp³-hybridized carbons (Fsp3) is 1.00. The molecule has 2 nitrogen and oxygen atoms in total. The summed E-state index contributed by atoms with van der Waals surface area (Å²) in [5, 5.41) is 0. The number of rotatable bonds is 1. The maximum absolute atomic E-state index is 6.26. The van der Waals surface area contributed by atoms with E-state index in [1.807, 2.05) is 0 Å². The highest BCUT2D eigenvalue weighted by Crippen LogP contribution is 2.35. The van der Waals surface area contributed by atoms with Crippen molar-refractivity contribution in [3.8, 4) is 0 Å². The molecule has 0 spiro atoms. The second-order valence-corrected chi connectivity index (χ2v) is 43.1. The van der Waals surface area contributed by atoms with Crippen LogP contribution in [0.15, 0.2) is 0 Å². The summed E-state index contributed by atoms with van der Waals surface area (Å²) in [5.74, 6) is 0. The zero-order valence-corrected chi connectivity index (χ0v) is 15.8. The van der Waals surface area contributed by atoms with Gasteiger partial charge in [-0.1, -0.05) is 39.3 Å². The summed E-state index contributed by atoms with van der Waals surface area (Å²) in [5.41, 5.74) is 0. The molecule has 15 heavy (non-hydrogen) atoms. The molecule has 2 unspecified atom stereocenters. The lowest BCUT2D eigenvalue weighted by molar-refractivity contribution is 0.381. The molecule has 1 heterocycles. The van der Waals surface area contributed by atoms with Crippen LogP contribution in [0.3, 0.4) is 0 Å². The van der Waals surface area contributed by atoms with Gasteiger partial charge in [0.15, 0.2) is 8.56 Å². The number of nitrogens with zero attached hydrogens (tertiary/aromatic N) is 1. The van der Waals surface area contributed by atoms with Gasteiger partial charge in [-0.3, -0.25) is 0 Å². The molecular weight excluding hydrogens is 250 g/mol. The van der Waals surface area contributed by atoms with E-state index in [1.165, 1.54) is 0 Å². The van der Waals surface area contributed by atoms with Gasteiger partial charge in [0.2, 0.25) is 0 Å². The largest absolute Gasteiger partial charge is 0.426 e. The van der Waals surface area contributed by atoms with Crippen LogP contribution < -0.4 is 0 Å². The van der Waals surface area contributed by atoms with Crippen LogP contribution in [0.2, 0.25) is 39.3 Å². The summed E-state index contributed by atoms with van der Waals surface area (Å²) in [6.45, 7) is 15.6. The minimum atomic E-state index is -1.27. The fourth-order valence-electron chi connectivity index (χ4n) is 2.57. The molecule has 0 bridgehead atoms. The van der Waals surface area contributed by atoms with Crippen molar-refractivity contribution in [2.24, 2.45) is 0 Å². The van der Waals surface area contributed by atoms with E-state index >= 15 is 0 Å². The van der Waals surface area contributed by atoms with Gasteiger partial charge in [0.1, 0.15) is 7.75 Å². The van der Waals surface area contributed by atoms with Crippen molar-refractivity contribution in [3.05, 3.63) is 0 Å². The van der Waals surface area contributed by atoms with Gasteiger partial charge in [-0.25, -0.2) is 0 Å². The van der Waals surface area contributed by atoms with Crippen molar-refractivity contribution < 1.29 is 4.43 Å². The lowest BCUT2D eigenvalue weighted by Gasteiger charge is -2.58. The van der Waals surface area contributed by atoms with Crippen LogP contribution in [0.1, 0.15) is 0 Å². The minimum Gasteiger partial charge on any atom is -0.426 e. The van der Waals surface area contributed by atoms with Gasteiger partial charge in [-0.15, -0.1) is 0 Å². The molecule has 1 fully saturated rings. The summed E-state index contributed by atoms with van der Waals surface area (Å²) in [6, 6.07) is 0. The van der Waals surface area contributed by atoms with Gasteiger partial charge in [0.25, 0.3) is 0 Å². The molecule has 1 rings (SSSR count). The van der Waals surface area contributed by atoms with Crippen molar-refractivity contribution in [2.45, 2.75) is 39.3 Å². The van der Waals surface area contributed by atoms with E-state index in [-0.39, 0.29) is 0 Å². The van der Waals surface area contributed by atoms with Crippen LogP contribution >= 0.6 is 0 Å². The van der Waals surface area contributed by atoms with Crippen LogP contribution in [-0.2, 0) is 4.43 Å². The minimum absolute atomic E-state index is 0.843. The second-order valence-electron chi connectivity index (χ2n) is 6.47. The topological polar surface area (TPSA) is 12.5 Å². The first kappa shape index (κ1) is 13.9. The quantitative estimate of drug-likeness (QED) is 0.677. The summed E-state index contributed by atoms with van der Waals surface area (Å²) in [6.07, 6.45) is 1.11. The highest BCUT2D eigenvalue weighted by Gasteiger charge is 2.62. The monoisotopic (exact) mass is 277 g/mol. The molecule has 0 aromatic heterocycles. The normalized spacial score (nSPS) is 39.4. The first-order chi connectivity index (χ1) is 6.57. The van der Waals surface area contributed by atoms with E-state index in [9.17, 15) is 0 Å². The molecule has 0 saturated carbocycles. The van der Waals surface area contributed by atoms with Crippen molar-refractivity contribution in [3.63, 3.8) is 0 Å². The predicted molar refractivity (Wildman–Crippen MR) is 79.2 cm³/mol. The Morgan fingerprint density at radius 1 is 1.07 bits per heavy atom. The Morgan fingerprint density at radius 2 is 1.53 bits per heavy atom. The van der Waals surface area contributed by atoms with E-state index in [4.69, 9.17) is 4.43 Å². The van der Waals surface area contributed by atoms with Gasteiger partial charge in [0, 0.05) is 6.23 Å². The molecular formula is C9H27NOSi4.